The number of hydrogen-bond donors (Lipinski definition) is 4. The largest absolute Gasteiger partial charge is 0.461 e. The molecule has 144 valence electrons. The van der Waals surface area contributed by atoms with Crippen molar-refractivity contribution in [3.05, 3.63) is 35.9 Å². The molecule has 1 atom stereocenters. The summed E-state index contributed by atoms with van der Waals surface area (Å²) in [5.41, 5.74) is -0.586. The van der Waals surface area contributed by atoms with Gasteiger partial charge in [0.1, 0.15) is 6.10 Å². The predicted molar refractivity (Wildman–Crippen MR) is 101 cm³/mol. The number of nitrogens with one attached hydrogen (secondary N) is 2. The first-order valence-electron chi connectivity index (χ1n) is 8.33. The molecule has 8 heteroatoms. The molecule has 1 aromatic carbocycles. The lowest BCUT2D eigenvalue weighted by atomic mass is 9.87. The van der Waals surface area contributed by atoms with Gasteiger partial charge in [0.15, 0.2) is 0 Å². The monoisotopic (exact) mass is 382 g/mol. The highest BCUT2D eigenvalue weighted by Crippen LogP contribution is 2.22. The summed E-state index contributed by atoms with van der Waals surface area (Å²) >= 11 is 3.98. The number of carbonyl (C=O) groups is 3. The van der Waals surface area contributed by atoms with Crippen LogP contribution in [-0.2, 0) is 14.3 Å². The molecule has 0 aliphatic rings. The Balaban J connectivity index is 2.42. The molecule has 1 aromatic rings. The minimum Gasteiger partial charge on any atom is -0.461 e. The van der Waals surface area contributed by atoms with Crippen molar-refractivity contribution in [3.63, 3.8) is 0 Å². The minimum atomic E-state index is -1.38. The van der Waals surface area contributed by atoms with Crippen LogP contribution in [0.5, 0.6) is 0 Å². The lowest BCUT2D eigenvalue weighted by Gasteiger charge is -2.29. The second kappa shape index (κ2) is 10.8. The molecule has 1 unspecified atom stereocenters. The normalized spacial score (nSPS) is 12.2. The van der Waals surface area contributed by atoms with Crippen LogP contribution in [0.15, 0.2) is 30.3 Å². The quantitative estimate of drug-likeness (QED) is 0.354. The molecular formula is C18H26N2O5S. The van der Waals surface area contributed by atoms with Gasteiger partial charge in [0, 0.05) is 30.7 Å². The van der Waals surface area contributed by atoms with Gasteiger partial charge in [0.2, 0.25) is 11.8 Å². The van der Waals surface area contributed by atoms with Gasteiger partial charge < -0.3 is 20.5 Å². The van der Waals surface area contributed by atoms with E-state index in [1.165, 1.54) is 0 Å². The molecule has 0 aliphatic carbocycles. The van der Waals surface area contributed by atoms with Gasteiger partial charge in [-0.25, -0.2) is 4.79 Å². The summed E-state index contributed by atoms with van der Waals surface area (Å²) in [6, 6.07) is 8.47. The second-order valence-electron chi connectivity index (χ2n) is 6.45. The van der Waals surface area contributed by atoms with E-state index in [1.807, 2.05) is 0 Å². The van der Waals surface area contributed by atoms with E-state index in [4.69, 9.17) is 4.74 Å². The molecule has 0 spiro atoms. The van der Waals surface area contributed by atoms with E-state index in [1.54, 1.807) is 44.2 Å². The van der Waals surface area contributed by atoms with Crippen LogP contribution in [0, 0.1) is 5.41 Å². The van der Waals surface area contributed by atoms with Gasteiger partial charge in [-0.2, -0.15) is 12.6 Å². The highest BCUT2D eigenvalue weighted by Gasteiger charge is 2.35. The number of benzene rings is 1. The standard InChI is InChI=1S/C18H26N2O5S/c1-18(2,12-25-17(24)13-6-4-3-5-7-13)15(22)16(23)20-9-8-14(21)19-10-11-26/h3-7,15,22,26H,8-12H2,1-2H3,(H,19,21)(H,20,23). The SMILES string of the molecule is CC(C)(COC(=O)c1ccccc1)C(O)C(=O)NCCC(=O)NCCS. The van der Waals surface area contributed by atoms with Crippen LogP contribution in [0.2, 0.25) is 0 Å². The average molecular weight is 382 g/mol. The Kier molecular flexibility index (Phi) is 9.15. The summed E-state index contributed by atoms with van der Waals surface area (Å²) in [7, 11) is 0. The summed E-state index contributed by atoms with van der Waals surface area (Å²) in [6.07, 6.45) is -1.28. The maximum atomic E-state index is 12.1. The first-order chi connectivity index (χ1) is 12.3. The molecule has 0 saturated heterocycles. The van der Waals surface area contributed by atoms with E-state index in [0.29, 0.717) is 17.9 Å². The highest BCUT2D eigenvalue weighted by atomic mass is 32.1. The molecule has 1 rings (SSSR count). The van der Waals surface area contributed by atoms with Gasteiger partial charge >= 0.3 is 5.97 Å². The minimum absolute atomic E-state index is 0.105. The van der Waals surface area contributed by atoms with Crippen molar-refractivity contribution in [2.45, 2.75) is 26.4 Å². The zero-order valence-electron chi connectivity index (χ0n) is 15.0. The third-order valence-corrected chi connectivity index (χ3v) is 3.88. The van der Waals surface area contributed by atoms with Crippen LogP contribution in [0.1, 0.15) is 30.6 Å². The van der Waals surface area contributed by atoms with Crippen molar-refractivity contribution in [2.75, 3.05) is 25.4 Å². The number of esters is 1. The zero-order chi connectivity index (χ0) is 19.6. The van der Waals surface area contributed by atoms with E-state index in [2.05, 4.69) is 23.3 Å². The van der Waals surface area contributed by atoms with Crippen LogP contribution in [0.3, 0.4) is 0 Å². The molecular weight excluding hydrogens is 356 g/mol. The Labute approximate surface area is 158 Å². The van der Waals surface area contributed by atoms with E-state index >= 15 is 0 Å². The molecule has 0 saturated carbocycles. The Morgan fingerprint density at radius 3 is 2.42 bits per heavy atom. The van der Waals surface area contributed by atoms with E-state index in [0.717, 1.165) is 0 Å². The average Bonchev–Trinajstić information content (AvgIpc) is 2.64. The number of amides is 2. The number of thiol groups is 1. The lowest BCUT2D eigenvalue weighted by molar-refractivity contribution is -0.137. The second-order valence-corrected chi connectivity index (χ2v) is 6.90. The first kappa shape index (κ1) is 22.0. The fraction of sp³-hybridized carbons (Fsp3) is 0.500. The summed E-state index contributed by atoms with van der Waals surface area (Å²) < 4.78 is 5.20. The highest BCUT2D eigenvalue weighted by molar-refractivity contribution is 7.80. The lowest BCUT2D eigenvalue weighted by Crippen LogP contribution is -2.47. The topological polar surface area (TPSA) is 105 Å². The van der Waals surface area contributed by atoms with Crippen LogP contribution >= 0.6 is 12.6 Å². The van der Waals surface area contributed by atoms with Crippen molar-refractivity contribution in [1.29, 1.82) is 0 Å². The van der Waals surface area contributed by atoms with Crippen LogP contribution in [-0.4, -0.2) is 54.4 Å². The maximum Gasteiger partial charge on any atom is 0.338 e. The fourth-order valence-corrected chi connectivity index (χ4v) is 2.13. The molecule has 3 N–H and O–H groups in total. The zero-order valence-corrected chi connectivity index (χ0v) is 15.9. The van der Waals surface area contributed by atoms with E-state index in [-0.39, 0.29) is 25.5 Å². The molecule has 0 heterocycles. The van der Waals surface area contributed by atoms with Crippen molar-refractivity contribution >= 4 is 30.4 Å². The molecule has 26 heavy (non-hydrogen) atoms. The van der Waals surface area contributed by atoms with Crippen LogP contribution < -0.4 is 10.6 Å². The predicted octanol–water partition coefficient (Wildman–Crippen LogP) is 0.783. The Bertz CT molecular complexity index is 607. The molecule has 7 nitrogen and oxygen atoms in total. The Morgan fingerprint density at radius 2 is 1.81 bits per heavy atom. The smallest absolute Gasteiger partial charge is 0.338 e. The fourth-order valence-electron chi connectivity index (χ4n) is 2.02. The first-order valence-corrected chi connectivity index (χ1v) is 8.96. The maximum absolute atomic E-state index is 12.1. The van der Waals surface area contributed by atoms with Gasteiger partial charge in [-0.15, -0.1) is 0 Å². The molecule has 0 bridgehead atoms. The molecule has 0 fully saturated rings. The Hall–Kier alpha value is -2.06. The van der Waals surface area contributed by atoms with Gasteiger partial charge in [-0.05, 0) is 12.1 Å². The van der Waals surface area contributed by atoms with Crippen molar-refractivity contribution in [3.8, 4) is 0 Å². The number of hydrogen-bond acceptors (Lipinski definition) is 6. The number of rotatable bonds is 10. The molecule has 0 aliphatic heterocycles. The third kappa shape index (κ3) is 7.45. The number of aliphatic hydroxyl groups is 1. The van der Waals surface area contributed by atoms with Gasteiger partial charge in [-0.1, -0.05) is 32.0 Å². The summed E-state index contributed by atoms with van der Waals surface area (Å²) in [5, 5.41) is 15.4. The van der Waals surface area contributed by atoms with Gasteiger partial charge in [0.25, 0.3) is 0 Å². The van der Waals surface area contributed by atoms with E-state index in [9.17, 15) is 19.5 Å². The van der Waals surface area contributed by atoms with Crippen LogP contribution in [0.4, 0.5) is 0 Å². The third-order valence-electron chi connectivity index (χ3n) is 3.66. The van der Waals surface area contributed by atoms with Gasteiger partial charge in [0.05, 0.1) is 12.2 Å². The van der Waals surface area contributed by atoms with Crippen molar-refractivity contribution in [1.82, 2.24) is 10.6 Å². The van der Waals surface area contributed by atoms with Gasteiger partial charge in [-0.3, -0.25) is 9.59 Å². The Morgan fingerprint density at radius 1 is 1.15 bits per heavy atom. The van der Waals surface area contributed by atoms with Crippen molar-refractivity contribution in [2.24, 2.45) is 5.41 Å². The number of carbonyl (C=O) groups excluding carboxylic acids is 3. The summed E-state index contributed by atoms with van der Waals surface area (Å²) in [5.74, 6) is -0.808. The summed E-state index contributed by atoms with van der Waals surface area (Å²) in [4.78, 5) is 35.5. The van der Waals surface area contributed by atoms with E-state index < -0.39 is 23.4 Å². The molecule has 2 amide bonds. The molecule has 0 radical (unpaired) electrons. The van der Waals surface area contributed by atoms with Crippen molar-refractivity contribution < 1.29 is 24.2 Å². The van der Waals surface area contributed by atoms with Crippen LogP contribution in [0.25, 0.3) is 0 Å². The number of ether oxygens (including phenoxy) is 1. The summed E-state index contributed by atoms with van der Waals surface area (Å²) in [6.45, 7) is 3.67. The molecule has 0 aromatic heterocycles. The number of aliphatic hydroxyl groups excluding tert-OH is 1.